The number of nitrogens with zero attached hydrogens (tertiary/aromatic N) is 3. The summed E-state index contributed by atoms with van der Waals surface area (Å²) in [6.45, 7) is 6.03. The Balaban J connectivity index is 0.000000202. The lowest BCUT2D eigenvalue weighted by molar-refractivity contribution is -0.188. The van der Waals surface area contributed by atoms with Gasteiger partial charge in [0.05, 0.1) is 17.9 Å². The fraction of sp³-hybridized carbons (Fsp3) is 0.613. The van der Waals surface area contributed by atoms with Crippen LogP contribution in [0.4, 0.5) is 26.3 Å². The van der Waals surface area contributed by atoms with Gasteiger partial charge in [-0.05, 0) is 63.0 Å². The molecule has 4 saturated heterocycles. The van der Waals surface area contributed by atoms with Crippen molar-refractivity contribution in [2.45, 2.75) is 56.2 Å². The zero-order chi connectivity index (χ0) is 29.0. The summed E-state index contributed by atoms with van der Waals surface area (Å²) in [5, 5.41) is 3.14. The highest BCUT2D eigenvalue weighted by atomic mass is 19.4. The minimum absolute atomic E-state index is 0.205. The van der Waals surface area contributed by atoms with Crippen LogP contribution in [0.5, 0.6) is 0 Å². The Kier molecular flexibility index (Phi) is 9.63. The molecular weight excluding hydrogens is 542 g/mol. The normalized spacial score (nSPS) is 23.1. The molecule has 0 radical (unpaired) electrons. The van der Waals surface area contributed by atoms with Crippen LogP contribution in [0.1, 0.15) is 42.9 Å². The first-order valence-electron chi connectivity index (χ1n) is 14.8. The van der Waals surface area contributed by atoms with E-state index in [0.717, 1.165) is 26.2 Å². The molecule has 6 rings (SSSR count). The summed E-state index contributed by atoms with van der Waals surface area (Å²) in [6.07, 6.45) is -6.99. The van der Waals surface area contributed by atoms with E-state index in [2.05, 4.69) is 68.5 Å². The highest BCUT2D eigenvalue weighted by Crippen LogP contribution is 2.38. The Labute approximate surface area is 238 Å². The van der Waals surface area contributed by atoms with E-state index < -0.39 is 24.2 Å². The molecule has 10 heteroatoms. The highest BCUT2D eigenvalue weighted by molar-refractivity contribution is 5.32. The molecule has 0 aliphatic carbocycles. The maximum atomic E-state index is 12.9. The van der Waals surface area contributed by atoms with Crippen molar-refractivity contribution in [2.24, 2.45) is 11.8 Å². The molecule has 0 saturated carbocycles. The van der Waals surface area contributed by atoms with Gasteiger partial charge in [-0.25, -0.2) is 0 Å². The third-order valence-corrected chi connectivity index (χ3v) is 9.26. The van der Waals surface area contributed by atoms with Crippen LogP contribution in [0.25, 0.3) is 0 Å². The van der Waals surface area contributed by atoms with Gasteiger partial charge in [-0.3, -0.25) is 14.7 Å². The Morgan fingerprint density at radius 1 is 0.585 bits per heavy atom. The third-order valence-electron chi connectivity index (χ3n) is 9.26. The molecule has 0 atom stereocenters. The molecule has 1 N–H and O–H groups in total. The second-order valence-electron chi connectivity index (χ2n) is 11.8. The van der Waals surface area contributed by atoms with E-state index >= 15 is 0 Å². The molecule has 0 spiro atoms. The minimum atomic E-state index is -4.04. The van der Waals surface area contributed by atoms with Crippen LogP contribution in [-0.4, -0.2) is 91.5 Å². The Bertz CT molecular complexity index is 1010. The SMILES string of the molecule is FC(F)(F)C1CCN(C2CN(C(c3ccccc3)c3ccccc3)C2)CC1.FC(F)(F)C1CCN(C2CNC2)CC1. The standard InChI is InChI=1S/C22H25F3N2.C9H15F3N2/c23-22(24,25)19-11-13-26(14-12-19)20-15-27(16-20)21(17-7-3-1-4-8-17)18-9-5-2-6-10-18;10-9(11,12)7-1-3-14(4-2-7)8-5-13-6-8/h1-10,19-21H,11-16H2;7-8,13H,1-6H2. The van der Waals surface area contributed by atoms with Gasteiger partial charge in [0.2, 0.25) is 0 Å². The Hall–Kier alpha value is -2.14. The van der Waals surface area contributed by atoms with Crippen molar-refractivity contribution >= 4 is 0 Å². The van der Waals surface area contributed by atoms with Gasteiger partial charge in [-0.15, -0.1) is 0 Å². The molecule has 4 heterocycles. The fourth-order valence-electron chi connectivity index (χ4n) is 6.53. The second kappa shape index (κ2) is 13.0. The van der Waals surface area contributed by atoms with Crippen molar-refractivity contribution in [1.82, 2.24) is 20.0 Å². The number of likely N-dealkylation sites (tertiary alicyclic amines) is 3. The van der Waals surface area contributed by atoms with Crippen LogP contribution in [0.2, 0.25) is 0 Å². The minimum Gasteiger partial charge on any atom is -0.314 e. The summed E-state index contributed by atoms with van der Waals surface area (Å²) >= 11 is 0. The van der Waals surface area contributed by atoms with Crippen molar-refractivity contribution in [3.05, 3.63) is 71.8 Å². The summed E-state index contributed by atoms with van der Waals surface area (Å²) < 4.78 is 75.6. The predicted octanol–water partition coefficient (Wildman–Crippen LogP) is 5.97. The lowest BCUT2D eigenvalue weighted by Gasteiger charge is -2.50. The lowest BCUT2D eigenvalue weighted by Crippen LogP contribution is -2.61. The van der Waals surface area contributed by atoms with Gasteiger partial charge in [-0.1, -0.05) is 60.7 Å². The lowest BCUT2D eigenvalue weighted by atomic mass is 9.90. The van der Waals surface area contributed by atoms with Gasteiger partial charge in [0.25, 0.3) is 0 Å². The van der Waals surface area contributed by atoms with Crippen molar-refractivity contribution in [3.63, 3.8) is 0 Å². The van der Waals surface area contributed by atoms with Crippen LogP contribution < -0.4 is 5.32 Å². The molecule has 4 fully saturated rings. The molecule has 4 aliphatic rings. The zero-order valence-electron chi connectivity index (χ0n) is 23.3. The quantitative estimate of drug-likeness (QED) is 0.439. The number of nitrogens with one attached hydrogen (secondary N) is 1. The maximum Gasteiger partial charge on any atom is 0.391 e. The van der Waals surface area contributed by atoms with Gasteiger partial charge in [-0.2, -0.15) is 26.3 Å². The average Bonchev–Trinajstić information content (AvgIpc) is 2.90. The molecule has 226 valence electrons. The van der Waals surface area contributed by atoms with Crippen LogP contribution in [0, 0.1) is 11.8 Å². The first-order valence-corrected chi connectivity index (χ1v) is 14.8. The Morgan fingerprint density at radius 3 is 1.32 bits per heavy atom. The number of alkyl halides is 6. The van der Waals surface area contributed by atoms with Crippen molar-refractivity contribution < 1.29 is 26.3 Å². The number of hydrogen-bond acceptors (Lipinski definition) is 4. The largest absolute Gasteiger partial charge is 0.391 e. The van der Waals surface area contributed by atoms with E-state index in [0.29, 0.717) is 38.3 Å². The molecule has 2 aromatic carbocycles. The summed E-state index contributed by atoms with van der Waals surface area (Å²) in [5.41, 5.74) is 2.52. The molecule has 4 nitrogen and oxygen atoms in total. The Morgan fingerprint density at radius 2 is 0.976 bits per heavy atom. The van der Waals surface area contributed by atoms with E-state index in [1.165, 1.54) is 11.1 Å². The number of halogens is 6. The van der Waals surface area contributed by atoms with Gasteiger partial charge in [0.1, 0.15) is 0 Å². The van der Waals surface area contributed by atoms with E-state index in [4.69, 9.17) is 0 Å². The van der Waals surface area contributed by atoms with Crippen LogP contribution >= 0.6 is 0 Å². The smallest absolute Gasteiger partial charge is 0.314 e. The molecule has 41 heavy (non-hydrogen) atoms. The maximum absolute atomic E-state index is 12.9. The van der Waals surface area contributed by atoms with Gasteiger partial charge in [0.15, 0.2) is 0 Å². The third kappa shape index (κ3) is 7.63. The zero-order valence-corrected chi connectivity index (χ0v) is 23.3. The molecular formula is C31H40F6N4. The number of hydrogen-bond donors (Lipinski definition) is 1. The highest BCUT2D eigenvalue weighted by Gasteiger charge is 2.44. The molecule has 0 amide bonds. The van der Waals surface area contributed by atoms with E-state index in [1.807, 2.05) is 12.1 Å². The van der Waals surface area contributed by atoms with Crippen molar-refractivity contribution in [3.8, 4) is 0 Å². The van der Waals surface area contributed by atoms with Crippen molar-refractivity contribution in [1.29, 1.82) is 0 Å². The number of rotatable bonds is 5. The summed E-state index contributed by atoms with van der Waals surface area (Å²) in [5.74, 6) is -2.18. The molecule has 0 aromatic heterocycles. The summed E-state index contributed by atoms with van der Waals surface area (Å²) in [6, 6.07) is 22.0. The first kappa shape index (κ1) is 30.3. The van der Waals surface area contributed by atoms with E-state index in [-0.39, 0.29) is 31.7 Å². The molecule has 0 unspecified atom stereocenters. The molecule has 4 aliphatic heterocycles. The average molecular weight is 583 g/mol. The van der Waals surface area contributed by atoms with E-state index in [1.54, 1.807) is 0 Å². The fourth-order valence-corrected chi connectivity index (χ4v) is 6.53. The summed E-state index contributed by atoms with van der Waals surface area (Å²) in [4.78, 5) is 6.87. The predicted molar refractivity (Wildman–Crippen MR) is 147 cm³/mol. The van der Waals surface area contributed by atoms with Crippen molar-refractivity contribution in [2.75, 3.05) is 52.4 Å². The molecule has 2 aromatic rings. The van der Waals surface area contributed by atoms with E-state index in [9.17, 15) is 26.3 Å². The first-order chi connectivity index (χ1) is 19.6. The van der Waals surface area contributed by atoms with Crippen LogP contribution in [-0.2, 0) is 0 Å². The topological polar surface area (TPSA) is 21.8 Å². The molecule has 0 bridgehead atoms. The monoisotopic (exact) mass is 582 g/mol. The van der Waals surface area contributed by atoms with Gasteiger partial charge < -0.3 is 5.32 Å². The van der Waals surface area contributed by atoms with Gasteiger partial charge >= 0.3 is 12.4 Å². The van der Waals surface area contributed by atoms with Crippen LogP contribution in [0.3, 0.4) is 0 Å². The summed E-state index contributed by atoms with van der Waals surface area (Å²) in [7, 11) is 0. The second-order valence-corrected chi connectivity index (χ2v) is 11.8. The number of benzene rings is 2. The van der Waals surface area contributed by atoms with Crippen LogP contribution in [0.15, 0.2) is 60.7 Å². The number of piperidine rings is 2. The van der Waals surface area contributed by atoms with Gasteiger partial charge in [0, 0.05) is 38.3 Å².